The van der Waals surface area contributed by atoms with Crippen molar-refractivity contribution in [1.82, 2.24) is 19.6 Å². The molecule has 0 saturated carbocycles. The smallest absolute Gasteiger partial charge is 0.171 e. The summed E-state index contributed by atoms with van der Waals surface area (Å²) < 4.78 is 7.41. The number of hydrogen-bond donors (Lipinski definition) is 0. The number of anilines is 1. The topological polar surface area (TPSA) is 55.5 Å². The van der Waals surface area contributed by atoms with Crippen molar-refractivity contribution in [2.75, 3.05) is 25.1 Å². The van der Waals surface area contributed by atoms with Crippen LogP contribution < -0.4 is 9.64 Å². The second-order valence-electron chi connectivity index (χ2n) is 5.12. The van der Waals surface area contributed by atoms with E-state index in [1.165, 1.54) is 0 Å². The lowest BCUT2D eigenvalue weighted by Crippen LogP contribution is -2.46. The van der Waals surface area contributed by atoms with Crippen LogP contribution in [0.15, 0.2) is 42.7 Å². The molecule has 0 radical (unpaired) electrons. The minimum absolute atomic E-state index is 0.370. The predicted octanol–water partition coefficient (Wildman–Crippen LogP) is 1.74. The molecule has 0 N–H and O–H groups in total. The van der Waals surface area contributed by atoms with E-state index in [0.29, 0.717) is 5.92 Å². The van der Waals surface area contributed by atoms with Gasteiger partial charge in [0.1, 0.15) is 5.82 Å². The first-order valence-electron chi connectivity index (χ1n) is 6.90. The maximum atomic E-state index is 5.36. The molecule has 1 aliphatic rings. The Morgan fingerprint density at radius 3 is 2.90 bits per heavy atom. The van der Waals surface area contributed by atoms with Crippen molar-refractivity contribution in [3.05, 3.63) is 48.5 Å². The van der Waals surface area contributed by atoms with Gasteiger partial charge in [0.15, 0.2) is 17.2 Å². The fourth-order valence-corrected chi connectivity index (χ4v) is 2.73. The number of methoxy groups -OCH3 is 1. The Balaban J connectivity index is 1.57. The van der Waals surface area contributed by atoms with Crippen molar-refractivity contribution >= 4 is 11.5 Å². The van der Waals surface area contributed by atoms with Gasteiger partial charge in [0.05, 0.1) is 13.0 Å². The monoisotopic (exact) mass is 281 g/mol. The first-order chi connectivity index (χ1) is 10.4. The predicted molar refractivity (Wildman–Crippen MR) is 78.7 cm³/mol. The van der Waals surface area contributed by atoms with Gasteiger partial charge in [-0.05, 0) is 24.3 Å². The van der Waals surface area contributed by atoms with E-state index in [-0.39, 0.29) is 0 Å². The van der Waals surface area contributed by atoms with E-state index < -0.39 is 0 Å². The van der Waals surface area contributed by atoms with Crippen molar-refractivity contribution in [2.45, 2.75) is 5.92 Å². The number of fused-ring (bicyclic) bond motifs is 1. The quantitative estimate of drug-likeness (QED) is 0.732. The van der Waals surface area contributed by atoms with Gasteiger partial charge in [-0.25, -0.2) is 4.98 Å². The molecule has 0 amide bonds. The van der Waals surface area contributed by atoms with E-state index in [0.717, 1.165) is 36.1 Å². The molecule has 0 bridgehead atoms. The highest BCUT2D eigenvalue weighted by atomic mass is 16.5. The Hall–Kier alpha value is -2.63. The van der Waals surface area contributed by atoms with Gasteiger partial charge >= 0.3 is 0 Å². The van der Waals surface area contributed by atoms with Gasteiger partial charge in [0, 0.05) is 25.5 Å². The van der Waals surface area contributed by atoms with E-state index in [2.05, 4.69) is 24.5 Å². The highest BCUT2D eigenvalue weighted by molar-refractivity contribution is 5.55. The molecule has 6 nitrogen and oxygen atoms in total. The van der Waals surface area contributed by atoms with Gasteiger partial charge in [-0.15, -0.1) is 10.2 Å². The summed E-state index contributed by atoms with van der Waals surface area (Å²) in [6.45, 7) is 1.76. The highest BCUT2D eigenvalue weighted by Crippen LogP contribution is 2.34. The number of nitrogens with zero attached hydrogens (tertiary/aromatic N) is 5. The van der Waals surface area contributed by atoms with Crippen LogP contribution in [0.25, 0.3) is 5.65 Å². The Labute approximate surface area is 122 Å². The molecule has 106 valence electrons. The van der Waals surface area contributed by atoms with Crippen molar-refractivity contribution in [3.8, 4) is 5.75 Å². The number of ether oxygens (including phenoxy) is 1. The number of aromatic nitrogens is 4. The van der Waals surface area contributed by atoms with Crippen LogP contribution >= 0.6 is 0 Å². The third kappa shape index (κ3) is 1.91. The van der Waals surface area contributed by atoms with Gasteiger partial charge in [-0.3, -0.25) is 4.40 Å². The number of pyridine rings is 2. The zero-order valence-electron chi connectivity index (χ0n) is 11.7. The number of hydrogen-bond acceptors (Lipinski definition) is 5. The molecule has 1 saturated heterocycles. The summed E-state index contributed by atoms with van der Waals surface area (Å²) in [7, 11) is 1.67. The Morgan fingerprint density at radius 1 is 1.14 bits per heavy atom. The molecule has 0 spiro atoms. The van der Waals surface area contributed by atoms with Gasteiger partial charge in [-0.1, -0.05) is 6.07 Å². The summed E-state index contributed by atoms with van der Waals surface area (Å²) in [6.07, 6.45) is 3.80. The second kappa shape index (κ2) is 4.73. The maximum absolute atomic E-state index is 5.36. The minimum Gasteiger partial charge on any atom is -0.493 e. The molecule has 0 aliphatic carbocycles. The van der Waals surface area contributed by atoms with Crippen LogP contribution in [0.3, 0.4) is 0 Å². The molecule has 0 aromatic carbocycles. The standard InChI is InChI=1S/C15H15N5O/c1-21-12-5-4-7-16-15(12)19-9-11(10-19)14-18-17-13-6-2-3-8-20(13)14/h2-8,11H,9-10H2,1H3. The van der Waals surface area contributed by atoms with Gasteiger partial charge in [-0.2, -0.15) is 0 Å². The summed E-state index contributed by atoms with van der Waals surface area (Å²) in [6, 6.07) is 9.75. The van der Waals surface area contributed by atoms with E-state index in [4.69, 9.17) is 4.74 Å². The summed E-state index contributed by atoms with van der Waals surface area (Å²) >= 11 is 0. The van der Waals surface area contributed by atoms with Crippen LogP contribution in [-0.2, 0) is 0 Å². The van der Waals surface area contributed by atoms with Crippen LogP contribution in [0.5, 0.6) is 5.75 Å². The fourth-order valence-electron chi connectivity index (χ4n) is 2.73. The average Bonchev–Trinajstić information content (AvgIpc) is 2.90. The molecule has 4 rings (SSSR count). The van der Waals surface area contributed by atoms with E-state index in [1.807, 2.05) is 36.5 Å². The van der Waals surface area contributed by atoms with Crippen molar-refractivity contribution < 1.29 is 4.74 Å². The first-order valence-corrected chi connectivity index (χ1v) is 6.90. The molecule has 3 aromatic heterocycles. The average molecular weight is 281 g/mol. The Kier molecular flexibility index (Phi) is 2.73. The van der Waals surface area contributed by atoms with Crippen LogP contribution in [-0.4, -0.2) is 39.8 Å². The molecule has 4 heterocycles. The molecule has 0 unspecified atom stereocenters. The normalized spacial score (nSPS) is 15.2. The lowest BCUT2D eigenvalue weighted by Gasteiger charge is -2.39. The van der Waals surface area contributed by atoms with Gasteiger partial charge in [0.25, 0.3) is 0 Å². The summed E-state index contributed by atoms with van der Waals surface area (Å²) in [4.78, 5) is 6.61. The van der Waals surface area contributed by atoms with Crippen molar-refractivity contribution in [3.63, 3.8) is 0 Å². The summed E-state index contributed by atoms with van der Waals surface area (Å²) in [5.41, 5.74) is 0.890. The van der Waals surface area contributed by atoms with E-state index in [1.54, 1.807) is 13.3 Å². The molecule has 1 aliphatic heterocycles. The third-order valence-corrected chi connectivity index (χ3v) is 3.86. The molecular formula is C15H15N5O. The molecular weight excluding hydrogens is 266 g/mol. The molecule has 6 heteroatoms. The summed E-state index contributed by atoms with van der Waals surface area (Å²) in [5.74, 6) is 3.08. The summed E-state index contributed by atoms with van der Waals surface area (Å²) in [5, 5.41) is 8.53. The third-order valence-electron chi connectivity index (χ3n) is 3.86. The van der Waals surface area contributed by atoms with Crippen LogP contribution in [0, 0.1) is 0 Å². The number of rotatable bonds is 3. The molecule has 21 heavy (non-hydrogen) atoms. The zero-order valence-corrected chi connectivity index (χ0v) is 11.7. The highest BCUT2D eigenvalue weighted by Gasteiger charge is 2.33. The molecule has 3 aromatic rings. The zero-order chi connectivity index (χ0) is 14.2. The molecule has 0 atom stereocenters. The molecule has 1 fully saturated rings. The SMILES string of the molecule is COc1cccnc1N1CC(c2nnc3ccccn23)C1. The van der Waals surface area contributed by atoms with Gasteiger partial charge < -0.3 is 9.64 Å². The van der Waals surface area contributed by atoms with Crippen LogP contribution in [0.4, 0.5) is 5.82 Å². The second-order valence-corrected chi connectivity index (χ2v) is 5.12. The Morgan fingerprint density at radius 2 is 2.05 bits per heavy atom. The fraction of sp³-hybridized carbons (Fsp3) is 0.267. The van der Waals surface area contributed by atoms with Crippen LogP contribution in [0.1, 0.15) is 11.7 Å². The largest absolute Gasteiger partial charge is 0.493 e. The Bertz CT molecular complexity index is 778. The minimum atomic E-state index is 0.370. The van der Waals surface area contributed by atoms with Gasteiger partial charge in [0.2, 0.25) is 0 Å². The first kappa shape index (κ1) is 12.1. The lowest BCUT2D eigenvalue weighted by molar-refractivity contribution is 0.404. The van der Waals surface area contributed by atoms with E-state index >= 15 is 0 Å². The maximum Gasteiger partial charge on any atom is 0.171 e. The van der Waals surface area contributed by atoms with Crippen LogP contribution in [0.2, 0.25) is 0 Å². The van der Waals surface area contributed by atoms with Crippen molar-refractivity contribution in [2.24, 2.45) is 0 Å². The lowest BCUT2D eigenvalue weighted by atomic mass is 9.99. The van der Waals surface area contributed by atoms with Crippen molar-refractivity contribution in [1.29, 1.82) is 0 Å². The van der Waals surface area contributed by atoms with E-state index in [9.17, 15) is 0 Å².